The molecule has 0 bridgehead atoms. The summed E-state index contributed by atoms with van der Waals surface area (Å²) in [5.74, 6) is 1.37. The van der Waals surface area contributed by atoms with E-state index >= 15 is 0 Å². The van der Waals surface area contributed by atoms with E-state index in [-0.39, 0.29) is 0 Å². The zero-order valence-electron chi connectivity index (χ0n) is 10.2. The van der Waals surface area contributed by atoms with Gasteiger partial charge in [-0.25, -0.2) is 9.67 Å². The molecule has 0 saturated carbocycles. The third-order valence-electron chi connectivity index (χ3n) is 2.06. The minimum absolute atomic E-state index is 0.687. The first-order valence-electron chi connectivity index (χ1n) is 5.62. The maximum atomic E-state index is 4.13. The molecule has 86 valence electrons. The molecule has 1 heterocycles. The Bertz CT molecular complexity index is 244. The van der Waals surface area contributed by atoms with Crippen molar-refractivity contribution in [3.8, 4) is 0 Å². The first-order chi connectivity index (χ1) is 7.08. The number of hydrogen-bond acceptors (Lipinski definition) is 3. The van der Waals surface area contributed by atoms with E-state index in [4.69, 9.17) is 0 Å². The van der Waals surface area contributed by atoms with Crippen molar-refractivity contribution in [2.45, 2.75) is 34.4 Å². The van der Waals surface area contributed by atoms with Gasteiger partial charge < -0.3 is 0 Å². The molecule has 0 saturated heterocycles. The molecular formula is C11H22N4. The Kier molecular flexibility index (Phi) is 4.75. The fourth-order valence-electron chi connectivity index (χ4n) is 1.73. The molecule has 1 rings (SSSR count). The lowest BCUT2D eigenvalue weighted by atomic mass is 10.1. The number of nitrogens with zero attached hydrogens (tertiary/aromatic N) is 4. The standard InChI is InChI=1S/C11H22N4/c1-10(2)5-14(6-11(3)4)9-15-8-12-7-13-15/h7-8,10-11H,5-6,9H2,1-4H3. The molecule has 0 aliphatic rings. The van der Waals surface area contributed by atoms with Crippen molar-refractivity contribution < 1.29 is 0 Å². The number of hydrogen-bond donors (Lipinski definition) is 0. The second-order valence-electron chi connectivity index (χ2n) is 4.90. The van der Waals surface area contributed by atoms with Crippen molar-refractivity contribution in [1.82, 2.24) is 19.7 Å². The van der Waals surface area contributed by atoms with E-state index in [0.717, 1.165) is 19.8 Å². The maximum absolute atomic E-state index is 4.13. The van der Waals surface area contributed by atoms with Crippen molar-refractivity contribution in [3.63, 3.8) is 0 Å². The van der Waals surface area contributed by atoms with Crippen molar-refractivity contribution in [1.29, 1.82) is 0 Å². The number of rotatable bonds is 6. The molecule has 0 radical (unpaired) electrons. The Labute approximate surface area is 92.3 Å². The molecule has 0 aliphatic heterocycles. The summed E-state index contributed by atoms with van der Waals surface area (Å²) < 4.78 is 1.88. The fraction of sp³-hybridized carbons (Fsp3) is 0.818. The molecule has 0 spiro atoms. The van der Waals surface area contributed by atoms with Gasteiger partial charge in [-0.15, -0.1) is 0 Å². The lowest BCUT2D eigenvalue weighted by molar-refractivity contribution is 0.166. The first kappa shape index (κ1) is 12.2. The van der Waals surface area contributed by atoms with Crippen LogP contribution in [0.15, 0.2) is 12.7 Å². The molecule has 1 aromatic rings. The molecule has 0 fully saturated rings. The lowest BCUT2D eigenvalue weighted by Crippen LogP contribution is -2.33. The quantitative estimate of drug-likeness (QED) is 0.718. The monoisotopic (exact) mass is 210 g/mol. The molecule has 0 unspecified atom stereocenters. The van der Waals surface area contributed by atoms with E-state index in [9.17, 15) is 0 Å². The zero-order chi connectivity index (χ0) is 11.3. The van der Waals surface area contributed by atoms with E-state index < -0.39 is 0 Å². The Morgan fingerprint density at radius 1 is 1.13 bits per heavy atom. The smallest absolute Gasteiger partial charge is 0.137 e. The molecule has 15 heavy (non-hydrogen) atoms. The highest BCUT2D eigenvalue weighted by molar-refractivity contribution is 4.62. The van der Waals surface area contributed by atoms with E-state index in [1.54, 1.807) is 12.7 Å². The fourth-order valence-corrected chi connectivity index (χ4v) is 1.73. The van der Waals surface area contributed by atoms with Crippen LogP contribution in [0.2, 0.25) is 0 Å². The average molecular weight is 210 g/mol. The molecule has 0 aromatic carbocycles. The van der Waals surface area contributed by atoms with Gasteiger partial charge in [0.25, 0.3) is 0 Å². The second kappa shape index (κ2) is 5.85. The van der Waals surface area contributed by atoms with E-state index in [2.05, 4.69) is 42.7 Å². The molecule has 0 atom stereocenters. The molecule has 4 heteroatoms. The van der Waals surface area contributed by atoms with Crippen molar-refractivity contribution in [2.24, 2.45) is 11.8 Å². The Morgan fingerprint density at radius 3 is 2.13 bits per heavy atom. The average Bonchev–Trinajstić information content (AvgIpc) is 2.53. The van der Waals surface area contributed by atoms with Crippen LogP contribution in [0, 0.1) is 11.8 Å². The van der Waals surface area contributed by atoms with Crippen molar-refractivity contribution in [3.05, 3.63) is 12.7 Å². The van der Waals surface area contributed by atoms with Gasteiger partial charge in [-0.1, -0.05) is 27.7 Å². The second-order valence-corrected chi connectivity index (χ2v) is 4.90. The van der Waals surface area contributed by atoms with Gasteiger partial charge in [0.05, 0.1) is 6.67 Å². The van der Waals surface area contributed by atoms with E-state index in [1.165, 1.54) is 0 Å². The van der Waals surface area contributed by atoms with E-state index in [1.807, 2.05) is 4.68 Å². The SMILES string of the molecule is CC(C)CN(CC(C)C)Cn1cncn1. The highest BCUT2D eigenvalue weighted by Gasteiger charge is 2.09. The van der Waals surface area contributed by atoms with Crippen LogP contribution >= 0.6 is 0 Å². The summed E-state index contributed by atoms with van der Waals surface area (Å²) in [6.07, 6.45) is 3.36. The van der Waals surface area contributed by atoms with Gasteiger partial charge in [-0.3, -0.25) is 4.90 Å². The summed E-state index contributed by atoms with van der Waals surface area (Å²) >= 11 is 0. The van der Waals surface area contributed by atoms with Gasteiger partial charge in [0.15, 0.2) is 0 Å². The van der Waals surface area contributed by atoms with Crippen LogP contribution in [0.4, 0.5) is 0 Å². The number of aromatic nitrogens is 3. The summed E-state index contributed by atoms with van der Waals surface area (Å²) in [4.78, 5) is 6.38. The Morgan fingerprint density at radius 2 is 1.73 bits per heavy atom. The summed E-state index contributed by atoms with van der Waals surface area (Å²) in [5.41, 5.74) is 0. The van der Waals surface area contributed by atoms with Crippen molar-refractivity contribution in [2.75, 3.05) is 13.1 Å². The predicted molar refractivity (Wildman–Crippen MR) is 61.3 cm³/mol. The maximum Gasteiger partial charge on any atom is 0.137 e. The van der Waals surface area contributed by atoms with Gasteiger partial charge in [0.1, 0.15) is 12.7 Å². The highest BCUT2D eigenvalue weighted by Crippen LogP contribution is 2.04. The molecule has 0 N–H and O–H groups in total. The van der Waals surface area contributed by atoms with Crippen molar-refractivity contribution >= 4 is 0 Å². The van der Waals surface area contributed by atoms with Gasteiger partial charge >= 0.3 is 0 Å². The third kappa shape index (κ3) is 4.93. The van der Waals surface area contributed by atoms with Crippen LogP contribution in [0.5, 0.6) is 0 Å². The lowest BCUT2D eigenvalue weighted by Gasteiger charge is -2.25. The Hall–Kier alpha value is -0.900. The largest absolute Gasteiger partial charge is 0.284 e. The van der Waals surface area contributed by atoms with Crippen LogP contribution in [-0.4, -0.2) is 32.8 Å². The summed E-state index contributed by atoms with van der Waals surface area (Å²) in [6, 6.07) is 0. The predicted octanol–water partition coefficient (Wildman–Crippen LogP) is 1.85. The van der Waals surface area contributed by atoms with Crippen LogP contribution in [0.3, 0.4) is 0 Å². The van der Waals surface area contributed by atoms with Crippen LogP contribution in [0.25, 0.3) is 0 Å². The van der Waals surface area contributed by atoms with E-state index in [0.29, 0.717) is 11.8 Å². The summed E-state index contributed by atoms with van der Waals surface area (Å²) in [5, 5.41) is 4.13. The molecule has 0 aliphatic carbocycles. The highest BCUT2D eigenvalue weighted by atomic mass is 15.4. The van der Waals surface area contributed by atoms with Crippen LogP contribution in [-0.2, 0) is 6.67 Å². The first-order valence-corrected chi connectivity index (χ1v) is 5.62. The van der Waals surface area contributed by atoms with Gasteiger partial charge in [-0.05, 0) is 11.8 Å². The normalized spacial score (nSPS) is 11.9. The Balaban J connectivity index is 2.48. The van der Waals surface area contributed by atoms with Crippen LogP contribution < -0.4 is 0 Å². The minimum atomic E-state index is 0.687. The summed E-state index contributed by atoms with van der Waals surface area (Å²) in [7, 11) is 0. The molecule has 0 amide bonds. The topological polar surface area (TPSA) is 34.0 Å². The molecule has 1 aromatic heterocycles. The molecule has 4 nitrogen and oxygen atoms in total. The zero-order valence-corrected chi connectivity index (χ0v) is 10.2. The van der Waals surface area contributed by atoms with Gasteiger partial charge in [0, 0.05) is 13.1 Å². The molecular weight excluding hydrogens is 188 g/mol. The van der Waals surface area contributed by atoms with Crippen LogP contribution in [0.1, 0.15) is 27.7 Å². The minimum Gasteiger partial charge on any atom is -0.284 e. The third-order valence-corrected chi connectivity index (χ3v) is 2.06. The summed E-state index contributed by atoms with van der Waals surface area (Å²) in [6.45, 7) is 12.0. The van der Waals surface area contributed by atoms with Gasteiger partial charge in [-0.2, -0.15) is 5.10 Å². The van der Waals surface area contributed by atoms with Gasteiger partial charge in [0.2, 0.25) is 0 Å².